The van der Waals surface area contributed by atoms with E-state index in [2.05, 4.69) is 20.1 Å². The number of rotatable bonds is 5. The molecule has 0 unspecified atom stereocenters. The molecule has 0 heterocycles. The number of methoxy groups -OCH3 is 2. The fraction of sp³-hybridized carbons (Fsp3) is 0.222. The van der Waals surface area contributed by atoms with E-state index in [4.69, 9.17) is 0 Å². The number of hydrogen-bond donors (Lipinski definition) is 3. The normalized spacial score (nSPS) is 10.2. The van der Waals surface area contributed by atoms with Gasteiger partial charge in [0.25, 0.3) is 0 Å². The first-order valence-electron chi connectivity index (χ1n) is 7.58. The zero-order valence-electron chi connectivity index (χ0n) is 14.0. The maximum Gasteiger partial charge on any atom is 0.411 e. The Bertz CT molecular complexity index is 652. The summed E-state index contributed by atoms with van der Waals surface area (Å²) >= 11 is 0. The van der Waals surface area contributed by atoms with Crippen LogP contribution in [0, 0.1) is 0 Å². The molecule has 7 nitrogen and oxygen atoms in total. The van der Waals surface area contributed by atoms with Crippen LogP contribution in [0.25, 0.3) is 0 Å². The van der Waals surface area contributed by atoms with E-state index in [1.165, 1.54) is 14.2 Å². The molecule has 0 aromatic heterocycles. The Kier molecular flexibility index (Phi) is 6.36. The molecule has 3 N–H and O–H groups in total. The molecular weight excluding hydrogens is 324 g/mol. The highest BCUT2D eigenvalue weighted by Crippen LogP contribution is 2.26. The Morgan fingerprint density at radius 2 is 1.20 bits per heavy atom. The van der Waals surface area contributed by atoms with Gasteiger partial charge in [0.2, 0.25) is 0 Å². The molecule has 25 heavy (non-hydrogen) atoms. The van der Waals surface area contributed by atoms with E-state index in [9.17, 15) is 14.7 Å². The Morgan fingerprint density at radius 3 is 1.48 bits per heavy atom. The molecule has 0 aliphatic rings. The van der Waals surface area contributed by atoms with Gasteiger partial charge in [0.05, 0.1) is 20.8 Å². The minimum absolute atomic E-state index is 0.0758. The molecule has 7 heteroatoms. The van der Waals surface area contributed by atoms with Gasteiger partial charge < -0.3 is 14.6 Å². The number of nitrogens with one attached hydrogen (secondary N) is 2. The molecule has 2 aromatic rings. The lowest BCUT2D eigenvalue weighted by atomic mass is 9.92. The summed E-state index contributed by atoms with van der Waals surface area (Å²) in [6, 6.07) is 14.3. The lowest BCUT2D eigenvalue weighted by molar-refractivity contribution is 0.186. The second kappa shape index (κ2) is 8.70. The number of hydrogen-bond acceptors (Lipinski definition) is 5. The average Bonchev–Trinajstić information content (AvgIpc) is 2.64. The third kappa shape index (κ3) is 4.95. The molecule has 2 amide bonds. The van der Waals surface area contributed by atoms with Crippen molar-refractivity contribution in [3.8, 4) is 0 Å². The molecule has 0 atom stereocenters. The number of aliphatic hydroxyl groups is 1. The Balaban J connectivity index is 2.13. The second-order valence-electron chi connectivity index (χ2n) is 5.21. The molecule has 2 rings (SSSR count). The molecule has 0 aliphatic heterocycles. The zero-order valence-corrected chi connectivity index (χ0v) is 14.0. The molecule has 2 aromatic carbocycles. The SMILES string of the molecule is COC(=O)Nc1ccc(C(CO)c2ccc(NC(=O)OC)cc2)cc1. The number of anilines is 2. The Morgan fingerprint density at radius 1 is 0.840 bits per heavy atom. The van der Waals surface area contributed by atoms with Gasteiger partial charge in [-0.05, 0) is 35.4 Å². The number of ether oxygens (including phenoxy) is 2. The van der Waals surface area contributed by atoms with E-state index >= 15 is 0 Å². The molecule has 0 spiro atoms. The van der Waals surface area contributed by atoms with Gasteiger partial charge in [0.1, 0.15) is 0 Å². The third-order valence-electron chi connectivity index (χ3n) is 3.67. The van der Waals surface area contributed by atoms with Crippen LogP contribution < -0.4 is 10.6 Å². The van der Waals surface area contributed by atoms with Crippen molar-refractivity contribution in [2.75, 3.05) is 31.5 Å². The summed E-state index contributed by atoms with van der Waals surface area (Å²) in [7, 11) is 2.59. The maximum atomic E-state index is 11.2. The van der Waals surface area contributed by atoms with Gasteiger partial charge in [-0.25, -0.2) is 9.59 Å². The van der Waals surface area contributed by atoms with Crippen LogP contribution in [0.1, 0.15) is 17.0 Å². The van der Waals surface area contributed by atoms with Crippen LogP contribution in [-0.2, 0) is 9.47 Å². The summed E-state index contributed by atoms with van der Waals surface area (Å²) in [6.07, 6.45) is -1.08. The molecule has 0 saturated carbocycles. The topological polar surface area (TPSA) is 96.9 Å². The summed E-state index contributed by atoms with van der Waals surface area (Å²) in [4.78, 5) is 22.4. The van der Waals surface area contributed by atoms with E-state index < -0.39 is 12.2 Å². The summed E-state index contributed by atoms with van der Waals surface area (Å²) in [5.41, 5.74) is 2.99. The lowest BCUT2D eigenvalue weighted by Crippen LogP contribution is -2.12. The molecule has 0 bridgehead atoms. The van der Waals surface area contributed by atoms with Crippen LogP contribution >= 0.6 is 0 Å². The molecule has 0 aliphatic carbocycles. The Labute approximate surface area is 145 Å². The van der Waals surface area contributed by atoms with E-state index in [0.29, 0.717) is 11.4 Å². The van der Waals surface area contributed by atoms with Crippen LogP contribution in [0.15, 0.2) is 48.5 Å². The molecule has 132 valence electrons. The first kappa shape index (κ1) is 18.3. The molecule has 0 saturated heterocycles. The van der Waals surface area contributed by atoms with Crippen molar-refractivity contribution in [2.24, 2.45) is 0 Å². The van der Waals surface area contributed by atoms with E-state index in [1.807, 2.05) is 24.3 Å². The van der Waals surface area contributed by atoms with Gasteiger partial charge in [0.15, 0.2) is 0 Å². The minimum Gasteiger partial charge on any atom is -0.453 e. The van der Waals surface area contributed by atoms with Gasteiger partial charge in [-0.1, -0.05) is 24.3 Å². The first-order valence-corrected chi connectivity index (χ1v) is 7.58. The number of amides is 2. The van der Waals surface area contributed by atoms with Crippen molar-refractivity contribution >= 4 is 23.6 Å². The highest BCUT2D eigenvalue weighted by atomic mass is 16.5. The predicted octanol–water partition coefficient (Wildman–Crippen LogP) is 3.17. The van der Waals surface area contributed by atoms with Crippen LogP contribution in [0.4, 0.5) is 21.0 Å². The fourth-order valence-corrected chi connectivity index (χ4v) is 2.34. The third-order valence-corrected chi connectivity index (χ3v) is 3.67. The minimum atomic E-state index is -0.542. The van der Waals surface area contributed by atoms with Gasteiger partial charge in [-0.15, -0.1) is 0 Å². The van der Waals surface area contributed by atoms with Crippen molar-refractivity contribution < 1.29 is 24.2 Å². The highest BCUT2D eigenvalue weighted by Gasteiger charge is 2.14. The lowest BCUT2D eigenvalue weighted by Gasteiger charge is -2.16. The number of aliphatic hydroxyl groups excluding tert-OH is 1. The van der Waals surface area contributed by atoms with Crippen molar-refractivity contribution in [1.29, 1.82) is 0 Å². The summed E-state index contributed by atoms with van der Waals surface area (Å²) in [5, 5.41) is 14.9. The highest BCUT2D eigenvalue weighted by molar-refractivity contribution is 5.85. The summed E-state index contributed by atoms with van der Waals surface area (Å²) in [6.45, 7) is -0.0758. The van der Waals surface area contributed by atoms with Crippen LogP contribution in [0.5, 0.6) is 0 Å². The zero-order chi connectivity index (χ0) is 18.2. The maximum absolute atomic E-state index is 11.2. The standard InChI is InChI=1S/C18H20N2O5/c1-24-17(22)19-14-7-3-12(4-8-14)16(11-21)13-5-9-15(10-6-13)20-18(23)25-2/h3-10,16,21H,11H2,1-2H3,(H,19,22)(H,20,23). The molecule has 0 radical (unpaired) electrons. The van der Waals surface area contributed by atoms with E-state index in [1.54, 1.807) is 24.3 Å². The quantitative estimate of drug-likeness (QED) is 0.774. The monoisotopic (exact) mass is 344 g/mol. The van der Waals surface area contributed by atoms with Crippen molar-refractivity contribution in [1.82, 2.24) is 0 Å². The molecule has 0 fully saturated rings. The number of benzene rings is 2. The van der Waals surface area contributed by atoms with Gasteiger partial charge >= 0.3 is 12.2 Å². The van der Waals surface area contributed by atoms with Crippen LogP contribution in [-0.4, -0.2) is 38.1 Å². The fourth-order valence-electron chi connectivity index (χ4n) is 2.34. The predicted molar refractivity (Wildman–Crippen MR) is 93.9 cm³/mol. The second-order valence-corrected chi connectivity index (χ2v) is 5.21. The van der Waals surface area contributed by atoms with Crippen molar-refractivity contribution in [3.63, 3.8) is 0 Å². The van der Waals surface area contributed by atoms with Crippen LogP contribution in [0.2, 0.25) is 0 Å². The summed E-state index contributed by atoms with van der Waals surface area (Å²) < 4.78 is 9.08. The first-order chi connectivity index (χ1) is 12.1. The van der Waals surface area contributed by atoms with Gasteiger partial charge in [-0.2, -0.15) is 0 Å². The van der Waals surface area contributed by atoms with E-state index in [-0.39, 0.29) is 12.5 Å². The van der Waals surface area contributed by atoms with Gasteiger partial charge in [0, 0.05) is 17.3 Å². The number of carbonyl (C=O) groups excluding carboxylic acids is 2. The molecular formula is C18H20N2O5. The summed E-state index contributed by atoms with van der Waals surface area (Å²) in [5.74, 6) is -0.223. The van der Waals surface area contributed by atoms with Gasteiger partial charge in [-0.3, -0.25) is 10.6 Å². The largest absolute Gasteiger partial charge is 0.453 e. The average molecular weight is 344 g/mol. The van der Waals surface area contributed by atoms with Crippen molar-refractivity contribution in [2.45, 2.75) is 5.92 Å². The Hall–Kier alpha value is -3.06. The van der Waals surface area contributed by atoms with Crippen LogP contribution in [0.3, 0.4) is 0 Å². The smallest absolute Gasteiger partial charge is 0.411 e. The number of carbonyl (C=O) groups is 2. The van der Waals surface area contributed by atoms with Crippen molar-refractivity contribution in [3.05, 3.63) is 59.7 Å². The van der Waals surface area contributed by atoms with E-state index in [0.717, 1.165) is 11.1 Å².